The van der Waals surface area contributed by atoms with E-state index in [1.165, 1.54) is 6.08 Å². The third-order valence-electron chi connectivity index (χ3n) is 3.96. The lowest BCUT2D eigenvalue weighted by atomic mass is 10.2. The van der Waals surface area contributed by atoms with Crippen molar-refractivity contribution in [2.75, 3.05) is 5.32 Å². The van der Waals surface area contributed by atoms with E-state index >= 15 is 0 Å². The van der Waals surface area contributed by atoms with E-state index in [9.17, 15) is 4.79 Å². The molecule has 26 heavy (non-hydrogen) atoms. The molecular formula is C21H21N3O2. The van der Waals surface area contributed by atoms with E-state index in [2.05, 4.69) is 10.4 Å². The SMILES string of the molecule is CCn1ncc(C=CC(=O)Nc2ccc(Oc3ccccc3)cc2)c1C. The van der Waals surface area contributed by atoms with Gasteiger partial charge in [0.25, 0.3) is 0 Å². The molecule has 0 radical (unpaired) electrons. The number of rotatable bonds is 6. The van der Waals surface area contributed by atoms with Crippen LogP contribution in [0.2, 0.25) is 0 Å². The Morgan fingerprint density at radius 3 is 2.46 bits per heavy atom. The van der Waals surface area contributed by atoms with Crippen LogP contribution in [0.3, 0.4) is 0 Å². The fourth-order valence-corrected chi connectivity index (χ4v) is 2.52. The molecule has 0 fully saturated rings. The number of hydrogen-bond acceptors (Lipinski definition) is 3. The maximum absolute atomic E-state index is 12.1. The van der Waals surface area contributed by atoms with Crippen LogP contribution in [-0.4, -0.2) is 15.7 Å². The zero-order valence-corrected chi connectivity index (χ0v) is 14.8. The molecule has 132 valence electrons. The minimum atomic E-state index is -0.189. The van der Waals surface area contributed by atoms with Crippen LogP contribution in [-0.2, 0) is 11.3 Å². The van der Waals surface area contributed by atoms with Crippen LogP contribution in [0.5, 0.6) is 11.5 Å². The van der Waals surface area contributed by atoms with Gasteiger partial charge in [0.05, 0.1) is 6.20 Å². The smallest absolute Gasteiger partial charge is 0.248 e. The normalized spacial score (nSPS) is 10.8. The summed E-state index contributed by atoms with van der Waals surface area (Å²) in [5.74, 6) is 1.30. The third kappa shape index (κ3) is 4.39. The first kappa shape index (κ1) is 17.5. The summed E-state index contributed by atoms with van der Waals surface area (Å²) in [6, 6.07) is 16.8. The molecule has 0 saturated heterocycles. The maximum Gasteiger partial charge on any atom is 0.248 e. The molecule has 1 amide bonds. The van der Waals surface area contributed by atoms with E-state index in [1.54, 1.807) is 12.3 Å². The van der Waals surface area contributed by atoms with Gasteiger partial charge in [0.15, 0.2) is 0 Å². The van der Waals surface area contributed by atoms with Crippen LogP contribution >= 0.6 is 0 Å². The van der Waals surface area contributed by atoms with Crippen LogP contribution in [0, 0.1) is 6.92 Å². The van der Waals surface area contributed by atoms with Crippen molar-refractivity contribution in [3.63, 3.8) is 0 Å². The van der Waals surface area contributed by atoms with Gasteiger partial charge < -0.3 is 10.1 Å². The fraction of sp³-hybridized carbons (Fsp3) is 0.143. The summed E-state index contributed by atoms with van der Waals surface area (Å²) in [7, 11) is 0. The van der Waals surface area contributed by atoms with Gasteiger partial charge in [0.2, 0.25) is 5.91 Å². The van der Waals surface area contributed by atoms with Gasteiger partial charge in [-0.1, -0.05) is 18.2 Å². The highest BCUT2D eigenvalue weighted by atomic mass is 16.5. The Hall–Kier alpha value is -3.34. The molecule has 0 aliphatic rings. The van der Waals surface area contributed by atoms with Crippen molar-refractivity contribution in [3.8, 4) is 11.5 Å². The number of aryl methyl sites for hydroxylation is 1. The van der Waals surface area contributed by atoms with E-state index in [0.29, 0.717) is 11.4 Å². The number of amides is 1. The number of aromatic nitrogens is 2. The Morgan fingerprint density at radius 2 is 1.81 bits per heavy atom. The lowest BCUT2D eigenvalue weighted by molar-refractivity contribution is -0.111. The van der Waals surface area contributed by atoms with E-state index in [1.807, 2.05) is 73.1 Å². The van der Waals surface area contributed by atoms with Gasteiger partial charge in [0.1, 0.15) is 11.5 Å². The molecule has 0 aliphatic heterocycles. The zero-order chi connectivity index (χ0) is 18.4. The van der Waals surface area contributed by atoms with Crippen molar-refractivity contribution in [2.45, 2.75) is 20.4 Å². The number of hydrogen-bond donors (Lipinski definition) is 1. The van der Waals surface area contributed by atoms with Gasteiger partial charge in [0, 0.05) is 29.6 Å². The van der Waals surface area contributed by atoms with Gasteiger partial charge in [-0.3, -0.25) is 9.48 Å². The van der Waals surface area contributed by atoms with Crippen molar-refractivity contribution in [3.05, 3.63) is 78.1 Å². The first-order valence-electron chi connectivity index (χ1n) is 8.50. The molecule has 0 spiro atoms. The molecule has 1 aromatic heterocycles. The molecule has 2 aromatic carbocycles. The Morgan fingerprint density at radius 1 is 1.12 bits per heavy atom. The Bertz CT molecular complexity index is 897. The van der Waals surface area contributed by atoms with E-state index in [-0.39, 0.29) is 5.91 Å². The summed E-state index contributed by atoms with van der Waals surface area (Å²) in [5, 5.41) is 7.10. The number of anilines is 1. The van der Waals surface area contributed by atoms with E-state index in [4.69, 9.17) is 4.74 Å². The van der Waals surface area contributed by atoms with Crippen LogP contribution in [0.15, 0.2) is 66.9 Å². The molecule has 0 aliphatic carbocycles. The molecule has 0 unspecified atom stereocenters. The highest BCUT2D eigenvalue weighted by molar-refractivity contribution is 6.02. The second kappa shape index (κ2) is 8.16. The van der Waals surface area contributed by atoms with Crippen LogP contribution < -0.4 is 10.1 Å². The highest BCUT2D eigenvalue weighted by Crippen LogP contribution is 2.22. The first-order chi connectivity index (χ1) is 12.7. The van der Waals surface area contributed by atoms with Gasteiger partial charge in [-0.25, -0.2) is 0 Å². The largest absolute Gasteiger partial charge is 0.457 e. The summed E-state index contributed by atoms with van der Waals surface area (Å²) in [5.41, 5.74) is 2.69. The molecule has 1 heterocycles. The molecule has 3 rings (SSSR count). The molecular weight excluding hydrogens is 326 g/mol. The minimum absolute atomic E-state index is 0.189. The maximum atomic E-state index is 12.1. The number of carbonyl (C=O) groups is 1. The molecule has 3 aromatic rings. The summed E-state index contributed by atoms with van der Waals surface area (Å²) in [6.45, 7) is 4.83. The summed E-state index contributed by atoms with van der Waals surface area (Å²) >= 11 is 0. The number of benzene rings is 2. The average Bonchev–Trinajstić information content (AvgIpc) is 3.02. The van der Waals surface area contributed by atoms with Crippen molar-refractivity contribution >= 4 is 17.7 Å². The molecule has 0 atom stereocenters. The van der Waals surface area contributed by atoms with Gasteiger partial charge >= 0.3 is 0 Å². The second-order valence-electron chi connectivity index (χ2n) is 5.76. The van der Waals surface area contributed by atoms with E-state index in [0.717, 1.165) is 23.6 Å². The predicted octanol–water partition coefficient (Wildman–Crippen LogP) is 4.66. The summed E-state index contributed by atoms with van der Waals surface area (Å²) in [4.78, 5) is 12.1. The zero-order valence-electron chi connectivity index (χ0n) is 14.8. The first-order valence-corrected chi connectivity index (χ1v) is 8.50. The molecule has 5 nitrogen and oxygen atoms in total. The van der Waals surface area contributed by atoms with Crippen molar-refractivity contribution < 1.29 is 9.53 Å². The highest BCUT2D eigenvalue weighted by Gasteiger charge is 2.03. The van der Waals surface area contributed by atoms with Crippen molar-refractivity contribution in [1.82, 2.24) is 9.78 Å². The van der Waals surface area contributed by atoms with Gasteiger partial charge in [-0.05, 0) is 56.3 Å². The summed E-state index contributed by atoms with van der Waals surface area (Å²) < 4.78 is 7.63. The Balaban J connectivity index is 1.59. The van der Waals surface area contributed by atoms with Crippen molar-refractivity contribution in [2.24, 2.45) is 0 Å². The topological polar surface area (TPSA) is 56.2 Å². The number of nitrogens with zero attached hydrogens (tertiary/aromatic N) is 2. The monoisotopic (exact) mass is 347 g/mol. The predicted molar refractivity (Wildman–Crippen MR) is 103 cm³/mol. The second-order valence-corrected chi connectivity index (χ2v) is 5.76. The van der Waals surface area contributed by atoms with Crippen LogP contribution in [0.1, 0.15) is 18.2 Å². The lowest BCUT2D eigenvalue weighted by Gasteiger charge is -2.07. The molecule has 0 bridgehead atoms. The number of ether oxygens (including phenoxy) is 1. The third-order valence-corrected chi connectivity index (χ3v) is 3.96. The van der Waals surface area contributed by atoms with Crippen molar-refractivity contribution in [1.29, 1.82) is 0 Å². The number of para-hydroxylation sites is 1. The molecule has 1 N–H and O–H groups in total. The summed E-state index contributed by atoms with van der Waals surface area (Å²) in [6.07, 6.45) is 5.05. The van der Waals surface area contributed by atoms with Crippen LogP contribution in [0.4, 0.5) is 5.69 Å². The standard InChI is InChI=1S/C21H21N3O2/c1-3-24-16(2)17(15-22-24)9-14-21(25)23-18-10-12-20(13-11-18)26-19-7-5-4-6-8-19/h4-15H,3H2,1-2H3,(H,23,25). The molecule has 0 saturated carbocycles. The number of nitrogens with one attached hydrogen (secondary N) is 1. The minimum Gasteiger partial charge on any atom is -0.457 e. The lowest BCUT2D eigenvalue weighted by Crippen LogP contribution is -2.07. The quantitative estimate of drug-likeness (QED) is 0.660. The fourth-order valence-electron chi connectivity index (χ4n) is 2.52. The van der Waals surface area contributed by atoms with Gasteiger partial charge in [-0.2, -0.15) is 5.10 Å². The van der Waals surface area contributed by atoms with Gasteiger partial charge in [-0.15, -0.1) is 0 Å². The Labute approximate surface area is 152 Å². The van der Waals surface area contributed by atoms with Crippen LogP contribution in [0.25, 0.3) is 6.08 Å². The number of carbonyl (C=O) groups excluding carboxylic acids is 1. The Kier molecular flexibility index (Phi) is 5.49. The average molecular weight is 347 g/mol. The van der Waals surface area contributed by atoms with E-state index < -0.39 is 0 Å². The molecule has 5 heteroatoms.